The number of rotatable bonds is 8. The highest BCUT2D eigenvalue weighted by atomic mass is 16.5. The number of para-hydroxylation sites is 1. The van der Waals surface area contributed by atoms with Crippen LogP contribution in [-0.4, -0.2) is 37.8 Å². The third-order valence-electron chi connectivity index (χ3n) is 5.11. The fourth-order valence-electron chi connectivity index (χ4n) is 3.44. The van der Waals surface area contributed by atoms with Gasteiger partial charge < -0.3 is 19.5 Å². The van der Waals surface area contributed by atoms with E-state index in [-0.39, 0.29) is 0 Å². The van der Waals surface area contributed by atoms with Crippen molar-refractivity contribution in [1.82, 2.24) is 9.97 Å². The first-order valence-corrected chi connectivity index (χ1v) is 10.1. The summed E-state index contributed by atoms with van der Waals surface area (Å²) < 4.78 is 16.0. The van der Waals surface area contributed by atoms with E-state index >= 15 is 0 Å². The second kappa shape index (κ2) is 9.34. The average Bonchev–Trinajstić information content (AvgIpc) is 2.83. The number of nitrogens with zero attached hydrogens (tertiary/aromatic N) is 2. The quantitative estimate of drug-likeness (QED) is 0.438. The molecule has 0 unspecified atom stereocenters. The number of anilines is 1. The smallest absolute Gasteiger partial charge is 0.162 e. The second-order valence-corrected chi connectivity index (χ2v) is 7.01. The zero-order valence-corrected chi connectivity index (χ0v) is 17.9. The molecule has 4 aromatic rings. The van der Waals surface area contributed by atoms with Crippen LogP contribution in [0.5, 0.6) is 17.2 Å². The minimum atomic E-state index is 0.676. The summed E-state index contributed by atoms with van der Waals surface area (Å²) in [5.41, 5.74) is 2.99. The molecule has 6 nitrogen and oxygen atoms in total. The van der Waals surface area contributed by atoms with Crippen molar-refractivity contribution in [1.29, 1.82) is 0 Å². The van der Waals surface area contributed by atoms with Crippen molar-refractivity contribution < 1.29 is 14.2 Å². The predicted molar refractivity (Wildman–Crippen MR) is 123 cm³/mol. The monoisotopic (exact) mass is 415 g/mol. The third-order valence-corrected chi connectivity index (χ3v) is 5.11. The highest BCUT2D eigenvalue weighted by Gasteiger charge is 2.10. The lowest BCUT2D eigenvalue weighted by molar-refractivity contribution is 0.354. The van der Waals surface area contributed by atoms with Gasteiger partial charge >= 0.3 is 0 Å². The summed E-state index contributed by atoms with van der Waals surface area (Å²) in [6.45, 7) is 0.721. The molecule has 3 aromatic carbocycles. The molecule has 0 aliphatic heterocycles. The Morgan fingerprint density at radius 2 is 1.55 bits per heavy atom. The maximum Gasteiger partial charge on any atom is 0.162 e. The molecule has 1 N–H and O–H groups in total. The van der Waals surface area contributed by atoms with Crippen molar-refractivity contribution in [3.8, 4) is 28.6 Å². The fourth-order valence-corrected chi connectivity index (χ4v) is 3.44. The van der Waals surface area contributed by atoms with Crippen LogP contribution in [0.2, 0.25) is 0 Å². The Labute approximate surface area is 181 Å². The van der Waals surface area contributed by atoms with E-state index in [0.717, 1.165) is 58.1 Å². The highest BCUT2D eigenvalue weighted by Crippen LogP contribution is 2.28. The molecule has 0 fully saturated rings. The molecule has 0 saturated carbocycles. The summed E-state index contributed by atoms with van der Waals surface area (Å²) in [5, 5.41) is 4.48. The van der Waals surface area contributed by atoms with Crippen LogP contribution in [0, 0.1) is 0 Å². The molecule has 31 heavy (non-hydrogen) atoms. The molecule has 0 aliphatic carbocycles. The van der Waals surface area contributed by atoms with Crippen LogP contribution in [-0.2, 0) is 6.42 Å². The summed E-state index contributed by atoms with van der Waals surface area (Å²) in [6.07, 6.45) is 0.816. The van der Waals surface area contributed by atoms with Gasteiger partial charge in [0.25, 0.3) is 0 Å². The predicted octanol–water partition coefficient (Wildman–Crippen LogP) is 4.98. The van der Waals surface area contributed by atoms with E-state index in [0.29, 0.717) is 5.82 Å². The van der Waals surface area contributed by atoms with Crippen molar-refractivity contribution in [2.24, 2.45) is 0 Å². The molecule has 0 spiro atoms. The molecule has 0 amide bonds. The van der Waals surface area contributed by atoms with Gasteiger partial charge in [-0.1, -0.05) is 18.2 Å². The van der Waals surface area contributed by atoms with Crippen molar-refractivity contribution in [2.45, 2.75) is 6.42 Å². The molecule has 0 radical (unpaired) electrons. The lowest BCUT2D eigenvalue weighted by atomic mass is 10.1. The van der Waals surface area contributed by atoms with Crippen molar-refractivity contribution >= 4 is 16.7 Å². The third kappa shape index (κ3) is 4.53. The van der Waals surface area contributed by atoms with Gasteiger partial charge in [0.1, 0.15) is 11.6 Å². The van der Waals surface area contributed by atoms with Crippen LogP contribution in [0.1, 0.15) is 5.56 Å². The van der Waals surface area contributed by atoms with Crippen LogP contribution in [0.4, 0.5) is 5.82 Å². The summed E-state index contributed by atoms with van der Waals surface area (Å²) >= 11 is 0. The minimum absolute atomic E-state index is 0.676. The number of ether oxygens (including phenoxy) is 3. The van der Waals surface area contributed by atoms with Crippen molar-refractivity contribution in [3.63, 3.8) is 0 Å². The molecule has 158 valence electrons. The average molecular weight is 415 g/mol. The van der Waals surface area contributed by atoms with Crippen molar-refractivity contribution in [2.75, 3.05) is 33.2 Å². The zero-order valence-electron chi connectivity index (χ0n) is 17.9. The minimum Gasteiger partial charge on any atom is -0.497 e. The van der Waals surface area contributed by atoms with Crippen LogP contribution in [0.25, 0.3) is 22.3 Å². The molecular formula is C25H25N3O3. The molecule has 4 rings (SSSR count). The van der Waals surface area contributed by atoms with E-state index in [1.807, 2.05) is 66.7 Å². The van der Waals surface area contributed by atoms with Gasteiger partial charge in [-0.15, -0.1) is 0 Å². The molecule has 6 heteroatoms. The van der Waals surface area contributed by atoms with Gasteiger partial charge in [0, 0.05) is 17.5 Å². The van der Waals surface area contributed by atoms with Crippen LogP contribution in [0.3, 0.4) is 0 Å². The molecule has 1 heterocycles. The lowest BCUT2D eigenvalue weighted by Gasteiger charge is -2.12. The first kappa shape index (κ1) is 20.5. The van der Waals surface area contributed by atoms with E-state index in [4.69, 9.17) is 24.2 Å². The molecule has 0 atom stereocenters. The van der Waals surface area contributed by atoms with Gasteiger partial charge in [-0.3, -0.25) is 0 Å². The van der Waals surface area contributed by atoms with Gasteiger partial charge in [-0.2, -0.15) is 0 Å². The van der Waals surface area contributed by atoms with Crippen LogP contribution >= 0.6 is 0 Å². The highest BCUT2D eigenvalue weighted by molar-refractivity contribution is 5.90. The van der Waals surface area contributed by atoms with Crippen LogP contribution < -0.4 is 19.5 Å². The van der Waals surface area contributed by atoms with E-state index in [9.17, 15) is 0 Å². The van der Waals surface area contributed by atoms with Gasteiger partial charge in [-0.05, 0) is 60.5 Å². The fraction of sp³-hybridized carbons (Fsp3) is 0.200. The van der Waals surface area contributed by atoms with E-state index in [1.54, 1.807) is 21.3 Å². The number of benzene rings is 3. The molecule has 0 aliphatic rings. The summed E-state index contributed by atoms with van der Waals surface area (Å²) in [7, 11) is 4.94. The Bertz CT molecular complexity index is 1180. The molecule has 0 saturated heterocycles. The number of hydrogen-bond donors (Lipinski definition) is 1. The topological polar surface area (TPSA) is 65.5 Å². The maximum absolute atomic E-state index is 5.41. The normalized spacial score (nSPS) is 10.7. The summed E-state index contributed by atoms with van der Waals surface area (Å²) in [5.74, 6) is 3.75. The number of fused-ring (bicyclic) bond motifs is 1. The standard InChI is InChI=1S/C25H25N3O3/c1-29-19-11-9-18(10-12-19)24-27-21-7-5-4-6-20(21)25(28-24)26-15-14-17-8-13-22(30-2)23(16-17)31-3/h4-13,16H,14-15H2,1-3H3,(H,26,27,28). The number of nitrogens with one attached hydrogen (secondary N) is 1. The van der Waals surface area contributed by atoms with Crippen LogP contribution in [0.15, 0.2) is 66.7 Å². The zero-order chi connectivity index (χ0) is 21.6. The number of methoxy groups -OCH3 is 3. The van der Waals surface area contributed by atoms with E-state index in [1.165, 1.54) is 0 Å². The first-order valence-electron chi connectivity index (χ1n) is 10.1. The molecule has 1 aromatic heterocycles. The maximum atomic E-state index is 5.41. The van der Waals surface area contributed by atoms with Gasteiger partial charge in [0.15, 0.2) is 17.3 Å². The van der Waals surface area contributed by atoms with Gasteiger partial charge in [0.05, 0.1) is 26.8 Å². The molecular weight excluding hydrogens is 390 g/mol. The number of hydrogen-bond acceptors (Lipinski definition) is 6. The Hall–Kier alpha value is -3.80. The Kier molecular flexibility index (Phi) is 6.17. The number of aromatic nitrogens is 2. The van der Waals surface area contributed by atoms with Gasteiger partial charge in [-0.25, -0.2) is 9.97 Å². The van der Waals surface area contributed by atoms with E-state index in [2.05, 4.69) is 5.32 Å². The SMILES string of the molecule is COc1ccc(-c2nc(NCCc3ccc(OC)c(OC)c3)c3ccccc3n2)cc1. The first-order chi connectivity index (χ1) is 15.2. The Morgan fingerprint density at radius 1 is 0.774 bits per heavy atom. The largest absolute Gasteiger partial charge is 0.497 e. The summed E-state index contributed by atoms with van der Waals surface area (Å²) in [6, 6.07) is 21.8. The second-order valence-electron chi connectivity index (χ2n) is 7.01. The molecule has 0 bridgehead atoms. The van der Waals surface area contributed by atoms with Gasteiger partial charge in [0.2, 0.25) is 0 Å². The lowest BCUT2D eigenvalue weighted by Crippen LogP contribution is -2.08. The van der Waals surface area contributed by atoms with Crippen molar-refractivity contribution in [3.05, 3.63) is 72.3 Å². The Morgan fingerprint density at radius 3 is 2.29 bits per heavy atom. The Balaban J connectivity index is 1.58. The summed E-state index contributed by atoms with van der Waals surface area (Å²) in [4.78, 5) is 9.56. The van der Waals surface area contributed by atoms with E-state index < -0.39 is 0 Å².